The van der Waals surface area contributed by atoms with E-state index in [2.05, 4.69) is 46.4 Å². The topological polar surface area (TPSA) is 47.9 Å². The second-order valence-corrected chi connectivity index (χ2v) is 6.69. The number of anilines is 1. The predicted octanol–water partition coefficient (Wildman–Crippen LogP) is 3.03. The lowest BCUT2D eigenvalue weighted by Crippen LogP contribution is -2.45. The number of carbonyl (C=O) groups excluding carboxylic acids is 1. The third-order valence-corrected chi connectivity index (χ3v) is 5.10. The third-order valence-electron chi connectivity index (χ3n) is 5.10. The average Bonchev–Trinajstić information content (AvgIpc) is 3.03. The van der Waals surface area contributed by atoms with Crippen LogP contribution in [-0.4, -0.2) is 49.5 Å². The van der Waals surface area contributed by atoms with Gasteiger partial charge in [0.2, 0.25) is 5.91 Å². The van der Waals surface area contributed by atoms with Gasteiger partial charge in [0.15, 0.2) is 5.96 Å². The standard InChI is InChI=1S/C19H28N4O.HI/c1-15-7-5-6-13-22(15)18(24)10-12-21-19(20-2)23-14-11-16-8-3-4-9-17(16)23;/h3-4,8-9,15H,5-7,10-14H2,1-2H3,(H,20,21);1H. The van der Waals surface area contributed by atoms with E-state index in [0.717, 1.165) is 38.3 Å². The van der Waals surface area contributed by atoms with Gasteiger partial charge in [-0.2, -0.15) is 0 Å². The summed E-state index contributed by atoms with van der Waals surface area (Å²) in [5, 5.41) is 3.37. The van der Waals surface area contributed by atoms with Crippen molar-refractivity contribution in [1.29, 1.82) is 0 Å². The number of rotatable bonds is 3. The molecule has 3 rings (SSSR count). The largest absolute Gasteiger partial charge is 0.355 e. The zero-order valence-corrected chi connectivity index (χ0v) is 17.5. The summed E-state index contributed by atoms with van der Waals surface area (Å²) in [6.07, 6.45) is 5.07. The SMILES string of the molecule is CN=C(NCCC(=O)N1CCCCC1C)N1CCc2ccccc21.I. The molecule has 0 aliphatic carbocycles. The molecule has 25 heavy (non-hydrogen) atoms. The summed E-state index contributed by atoms with van der Waals surface area (Å²) in [6, 6.07) is 8.83. The summed E-state index contributed by atoms with van der Waals surface area (Å²) in [4.78, 5) is 21.1. The van der Waals surface area contributed by atoms with Crippen LogP contribution in [0, 0.1) is 0 Å². The van der Waals surface area contributed by atoms with Gasteiger partial charge in [-0.3, -0.25) is 9.79 Å². The van der Waals surface area contributed by atoms with Crippen molar-refractivity contribution >= 4 is 41.5 Å². The van der Waals surface area contributed by atoms with E-state index in [4.69, 9.17) is 0 Å². The van der Waals surface area contributed by atoms with Crippen molar-refractivity contribution in [2.75, 3.05) is 31.6 Å². The maximum Gasteiger partial charge on any atom is 0.224 e. The van der Waals surface area contributed by atoms with Gasteiger partial charge in [0, 0.05) is 44.8 Å². The van der Waals surface area contributed by atoms with Gasteiger partial charge in [-0.1, -0.05) is 18.2 Å². The first kappa shape index (κ1) is 20.0. The molecule has 1 unspecified atom stereocenters. The summed E-state index contributed by atoms with van der Waals surface area (Å²) < 4.78 is 0. The van der Waals surface area contributed by atoms with E-state index in [1.807, 2.05) is 4.90 Å². The number of likely N-dealkylation sites (tertiary alicyclic amines) is 1. The van der Waals surface area contributed by atoms with Crippen LogP contribution >= 0.6 is 24.0 Å². The van der Waals surface area contributed by atoms with Gasteiger partial charge in [-0.15, -0.1) is 24.0 Å². The Morgan fingerprint density at radius 2 is 2.08 bits per heavy atom. The normalized spacial score (nSPS) is 20.1. The summed E-state index contributed by atoms with van der Waals surface area (Å²) >= 11 is 0. The predicted molar refractivity (Wildman–Crippen MR) is 114 cm³/mol. The molecule has 1 saturated heterocycles. The molecule has 1 fully saturated rings. The molecule has 2 heterocycles. The Labute approximate surface area is 167 Å². The summed E-state index contributed by atoms with van der Waals surface area (Å²) in [5.41, 5.74) is 2.58. The first-order valence-corrected chi connectivity index (χ1v) is 9.06. The Bertz CT molecular complexity index is 619. The highest BCUT2D eigenvalue weighted by Gasteiger charge is 2.24. The fourth-order valence-corrected chi connectivity index (χ4v) is 3.75. The number of nitrogens with zero attached hydrogens (tertiary/aromatic N) is 3. The molecule has 0 aromatic heterocycles. The molecule has 2 aliphatic rings. The minimum absolute atomic E-state index is 0. The molecule has 1 atom stereocenters. The molecule has 1 aromatic carbocycles. The van der Waals surface area contributed by atoms with Gasteiger partial charge in [0.05, 0.1) is 0 Å². The lowest BCUT2D eigenvalue weighted by Gasteiger charge is -2.33. The van der Waals surface area contributed by atoms with Crippen LogP contribution in [0.1, 0.15) is 38.2 Å². The third kappa shape index (κ3) is 4.65. The highest BCUT2D eigenvalue weighted by molar-refractivity contribution is 14.0. The highest BCUT2D eigenvalue weighted by atomic mass is 127. The van der Waals surface area contributed by atoms with Gasteiger partial charge in [-0.25, -0.2) is 0 Å². The van der Waals surface area contributed by atoms with E-state index in [0.29, 0.717) is 19.0 Å². The van der Waals surface area contributed by atoms with E-state index in [1.165, 1.54) is 17.7 Å². The second-order valence-electron chi connectivity index (χ2n) is 6.69. The van der Waals surface area contributed by atoms with Crippen LogP contribution in [0.15, 0.2) is 29.3 Å². The van der Waals surface area contributed by atoms with E-state index < -0.39 is 0 Å². The minimum atomic E-state index is 0. The van der Waals surface area contributed by atoms with Crippen molar-refractivity contribution in [1.82, 2.24) is 10.2 Å². The zero-order valence-electron chi connectivity index (χ0n) is 15.2. The molecule has 5 nitrogen and oxygen atoms in total. The zero-order chi connectivity index (χ0) is 16.9. The molecule has 1 amide bonds. The lowest BCUT2D eigenvalue weighted by molar-refractivity contribution is -0.134. The number of amides is 1. The number of hydrogen-bond acceptors (Lipinski definition) is 2. The Morgan fingerprint density at radius 3 is 2.84 bits per heavy atom. The molecule has 138 valence electrons. The minimum Gasteiger partial charge on any atom is -0.355 e. The molecular formula is C19H29IN4O. The van der Waals surface area contributed by atoms with E-state index in [1.54, 1.807) is 7.05 Å². The van der Waals surface area contributed by atoms with Gasteiger partial charge in [0.25, 0.3) is 0 Å². The quantitative estimate of drug-likeness (QED) is 0.432. The molecule has 1 aromatic rings. The van der Waals surface area contributed by atoms with Crippen LogP contribution in [0.4, 0.5) is 5.69 Å². The molecule has 0 spiro atoms. The van der Waals surface area contributed by atoms with Crippen LogP contribution in [0.2, 0.25) is 0 Å². The molecule has 0 bridgehead atoms. The number of guanidine groups is 1. The summed E-state index contributed by atoms with van der Waals surface area (Å²) in [7, 11) is 1.80. The number of para-hydroxylation sites is 1. The van der Waals surface area contributed by atoms with Crippen molar-refractivity contribution in [3.8, 4) is 0 Å². The fourth-order valence-electron chi connectivity index (χ4n) is 3.75. The maximum atomic E-state index is 12.4. The first-order valence-electron chi connectivity index (χ1n) is 9.06. The highest BCUT2D eigenvalue weighted by Crippen LogP contribution is 2.27. The van der Waals surface area contributed by atoms with Crippen molar-refractivity contribution in [2.45, 2.75) is 45.1 Å². The Morgan fingerprint density at radius 1 is 1.28 bits per heavy atom. The van der Waals surface area contributed by atoms with Crippen molar-refractivity contribution in [3.63, 3.8) is 0 Å². The molecular weight excluding hydrogens is 427 g/mol. The van der Waals surface area contributed by atoms with E-state index in [-0.39, 0.29) is 29.9 Å². The van der Waals surface area contributed by atoms with Crippen LogP contribution in [-0.2, 0) is 11.2 Å². The Kier molecular flexibility index (Phi) is 7.53. The number of piperidine rings is 1. The number of nitrogens with one attached hydrogen (secondary N) is 1. The number of halogens is 1. The number of benzene rings is 1. The van der Waals surface area contributed by atoms with Gasteiger partial charge < -0.3 is 15.1 Å². The molecule has 0 radical (unpaired) electrons. The van der Waals surface area contributed by atoms with Gasteiger partial charge >= 0.3 is 0 Å². The monoisotopic (exact) mass is 456 g/mol. The number of hydrogen-bond donors (Lipinski definition) is 1. The molecule has 0 saturated carbocycles. The van der Waals surface area contributed by atoms with Gasteiger partial charge in [-0.05, 0) is 44.2 Å². The molecule has 1 N–H and O–H groups in total. The second kappa shape index (κ2) is 9.40. The summed E-state index contributed by atoms with van der Waals surface area (Å²) in [5.74, 6) is 1.12. The Balaban J connectivity index is 0.00000225. The van der Waals surface area contributed by atoms with Crippen molar-refractivity contribution in [3.05, 3.63) is 29.8 Å². The Hall–Kier alpha value is -1.31. The summed E-state index contributed by atoms with van der Waals surface area (Å²) in [6.45, 7) is 4.64. The van der Waals surface area contributed by atoms with Crippen molar-refractivity contribution < 1.29 is 4.79 Å². The van der Waals surface area contributed by atoms with Crippen LogP contribution < -0.4 is 10.2 Å². The number of fused-ring (bicyclic) bond motifs is 1. The average molecular weight is 456 g/mol. The van der Waals surface area contributed by atoms with Crippen LogP contribution in [0.5, 0.6) is 0 Å². The molecule has 6 heteroatoms. The van der Waals surface area contributed by atoms with Crippen LogP contribution in [0.25, 0.3) is 0 Å². The smallest absolute Gasteiger partial charge is 0.224 e. The molecule has 2 aliphatic heterocycles. The number of carbonyl (C=O) groups is 1. The van der Waals surface area contributed by atoms with E-state index >= 15 is 0 Å². The first-order chi connectivity index (χ1) is 11.7. The number of aliphatic imine (C=N–C) groups is 1. The van der Waals surface area contributed by atoms with Crippen molar-refractivity contribution in [2.24, 2.45) is 4.99 Å². The fraction of sp³-hybridized carbons (Fsp3) is 0.579. The van der Waals surface area contributed by atoms with E-state index in [9.17, 15) is 4.79 Å². The lowest BCUT2D eigenvalue weighted by atomic mass is 10.0. The van der Waals surface area contributed by atoms with Crippen LogP contribution in [0.3, 0.4) is 0 Å². The van der Waals surface area contributed by atoms with Gasteiger partial charge in [0.1, 0.15) is 0 Å². The maximum absolute atomic E-state index is 12.4.